The first-order valence-corrected chi connectivity index (χ1v) is 11.2. The summed E-state index contributed by atoms with van der Waals surface area (Å²) in [5.74, 6) is 0. The van der Waals surface area contributed by atoms with E-state index in [0.29, 0.717) is 0 Å². The van der Waals surface area contributed by atoms with Crippen LogP contribution in [0.25, 0.3) is 0 Å². The first-order valence-electron chi connectivity index (χ1n) is 2.48. The van der Waals surface area contributed by atoms with Crippen molar-refractivity contribution in [2.45, 2.75) is 26.4 Å². The van der Waals surface area contributed by atoms with E-state index in [0.717, 1.165) is 0 Å². The highest BCUT2D eigenvalue weighted by Gasteiger charge is 2.30. The lowest BCUT2D eigenvalue weighted by molar-refractivity contribution is 0.141. The van der Waals surface area contributed by atoms with E-state index in [1.807, 2.05) is 20.8 Å². The van der Waals surface area contributed by atoms with Gasteiger partial charge in [0.15, 0.2) is 0 Å². The summed E-state index contributed by atoms with van der Waals surface area (Å²) in [6, 6.07) is 0. The molecule has 0 atom stereocenters. The second kappa shape index (κ2) is 3.34. The van der Waals surface area contributed by atoms with Gasteiger partial charge in [-0.1, -0.05) is 45.9 Å². The molecule has 0 aliphatic heterocycles. The quantitative estimate of drug-likeness (QED) is 0.525. The lowest BCUT2D eigenvalue weighted by atomic mass is 10.2. The molecule has 5 heteroatoms. The van der Waals surface area contributed by atoms with Crippen molar-refractivity contribution < 1.29 is 4.43 Å². The Morgan fingerprint density at radius 1 is 1.11 bits per heavy atom. The Labute approximate surface area is 80.4 Å². The molecule has 0 saturated heterocycles. The molecule has 1 nitrogen and oxygen atoms in total. The van der Waals surface area contributed by atoms with E-state index in [2.05, 4.69) is 45.9 Å². The van der Waals surface area contributed by atoms with Crippen LogP contribution in [0.5, 0.6) is 0 Å². The van der Waals surface area contributed by atoms with Crippen LogP contribution < -0.4 is 0 Å². The Morgan fingerprint density at radius 3 is 1.44 bits per heavy atom. The summed E-state index contributed by atoms with van der Waals surface area (Å²) < 4.78 is 3.66. The van der Waals surface area contributed by atoms with Crippen LogP contribution in [-0.4, -0.2) is 9.78 Å². The largest absolute Gasteiger partial charge is 0.410 e. The molecule has 56 valence electrons. The highest BCUT2D eigenvalue weighted by Crippen LogP contribution is 2.32. The third-order valence-electron chi connectivity index (χ3n) is 0.422. The van der Waals surface area contributed by atoms with Gasteiger partial charge in [0.25, 0.3) is 0 Å². The number of hydrogen-bond donors (Lipinski definition) is 0. The molecule has 0 bridgehead atoms. The first-order chi connectivity index (χ1) is 3.71. The van der Waals surface area contributed by atoms with E-state index in [1.54, 1.807) is 0 Å². The second-order valence-electron chi connectivity index (χ2n) is 2.66. The molecule has 0 aromatic heterocycles. The molecule has 0 amide bonds. The van der Waals surface area contributed by atoms with E-state index < -0.39 is 4.18 Å². The van der Waals surface area contributed by atoms with E-state index >= 15 is 0 Å². The Balaban J connectivity index is 3.75. The molecule has 0 fully saturated rings. The zero-order valence-corrected chi connectivity index (χ0v) is 11.3. The summed E-state index contributed by atoms with van der Waals surface area (Å²) in [5, 5.41) is 0. The number of halogens is 3. The fourth-order valence-electron chi connectivity index (χ4n) is 0.347. The van der Waals surface area contributed by atoms with Crippen molar-refractivity contribution in [3.8, 4) is 0 Å². The van der Waals surface area contributed by atoms with E-state index in [-0.39, 0.29) is 5.60 Å². The maximum absolute atomic E-state index is 5.51. The summed E-state index contributed by atoms with van der Waals surface area (Å²) in [7, 11) is 0. The van der Waals surface area contributed by atoms with Gasteiger partial charge in [0.05, 0.1) is 5.60 Å². The average molecular weight is 341 g/mol. The molecule has 9 heavy (non-hydrogen) atoms. The Morgan fingerprint density at radius 2 is 1.44 bits per heavy atom. The smallest absolute Gasteiger partial charge is 0.386 e. The number of hydrogen-bond acceptors (Lipinski definition) is 1. The van der Waals surface area contributed by atoms with Gasteiger partial charge in [-0.2, -0.15) is 0 Å². The van der Waals surface area contributed by atoms with Crippen molar-refractivity contribution in [3.05, 3.63) is 0 Å². The van der Waals surface area contributed by atoms with Crippen LogP contribution in [0.15, 0.2) is 0 Å². The summed E-state index contributed by atoms with van der Waals surface area (Å²) in [5.41, 5.74) is -0.0945. The summed E-state index contributed by atoms with van der Waals surface area (Å²) >= 11 is 10.1. The minimum Gasteiger partial charge on any atom is -0.386 e. The minimum atomic E-state index is -1.86. The van der Waals surface area contributed by atoms with Gasteiger partial charge < -0.3 is 4.43 Å². The fraction of sp³-hybridized carbons (Fsp3) is 1.00. The molecule has 0 heterocycles. The van der Waals surface area contributed by atoms with Crippen LogP contribution in [0.2, 0.25) is 0 Å². The summed E-state index contributed by atoms with van der Waals surface area (Å²) in [4.78, 5) is 0. The van der Waals surface area contributed by atoms with Gasteiger partial charge >= 0.3 is 4.18 Å². The molecule has 0 aromatic carbocycles. The monoisotopic (exact) mass is 338 g/mol. The molecule has 0 spiro atoms. The van der Waals surface area contributed by atoms with Crippen molar-refractivity contribution in [1.82, 2.24) is 0 Å². The lowest BCUT2D eigenvalue weighted by Crippen LogP contribution is -2.29. The van der Waals surface area contributed by atoms with Crippen LogP contribution in [0.3, 0.4) is 0 Å². The molecule has 0 radical (unpaired) electrons. The number of rotatable bonds is 1. The van der Waals surface area contributed by atoms with Gasteiger partial charge in [0, 0.05) is 0 Å². The summed E-state index contributed by atoms with van der Waals surface area (Å²) in [6.07, 6.45) is 0. The van der Waals surface area contributed by atoms with Gasteiger partial charge in [0.1, 0.15) is 0 Å². The van der Waals surface area contributed by atoms with Crippen molar-refractivity contribution >= 4 is 50.1 Å². The molecule has 0 unspecified atom stereocenters. The van der Waals surface area contributed by atoms with Crippen LogP contribution in [0.1, 0.15) is 20.8 Å². The van der Waals surface area contributed by atoms with Crippen LogP contribution >= 0.6 is 45.9 Å². The van der Waals surface area contributed by atoms with Crippen LogP contribution in [0.4, 0.5) is 0 Å². The SMILES string of the molecule is CC(C)(C)O[Si](Br)(Br)Br. The topological polar surface area (TPSA) is 9.23 Å². The molecular weight excluding hydrogens is 332 g/mol. The molecule has 0 saturated carbocycles. The predicted molar refractivity (Wildman–Crippen MR) is 53.4 cm³/mol. The van der Waals surface area contributed by atoms with E-state index in [1.165, 1.54) is 0 Å². The third-order valence-corrected chi connectivity index (χ3v) is 2.72. The maximum Gasteiger partial charge on any atom is 0.410 e. The Kier molecular flexibility index (Phi) is 3.94. The molecule has 0 aliphatic carbocycles. The van der Waals surface area contributed by atoms with Crippen molar-refractivity contribution in [2.24, 2.45) is 0 Å². The fourth-order valence-corrected chi connectivity index (χ4v) is 5.41. The Bertz CT molecular complexity index is 81.0. The zero-order chi connectivity index (χ0) is 7.71. The van der Waals surface area contributed by atoms with Gasteiger partial charge in [-0.15, -0.1) is 0 Å². The van der Waals surface area contributed by atoms with E-state index in [9.17, 15) is 0 Å². The maximum atomic E-state index is 5.51. The lowest BCUT2D eigenvalue weighted by Gasteiger charge is -2.24. The van der Waals surface area contributed by atoms with Crippen molar-refractivity contribution in [3.63, 3.8) is 0 Å². The van der Waals surface area contributed by atoms with Crippen LogP contribution in [0, 0.1) is 0 Å². The highest BCUT2D eigenvalue weighted by molar-refractivity contribution is 9.71. The highest BCUT2D eigenvalue weighted by atomic mass is 80.0. The molecule has 0 N–H and O–H groups in total. The third kappa shape index (κ3) is 9.62. The standard InChI is InChI=1S/C4H9Br3OSi/c1-4(2,3)8-9(5,6)7/h1-3H3. The zero-order valence-electron chi connectivity index (χ0n) is 5.54. The van der Waals surface area contributed by atoms with Gasteiger partial charge in [-0.05, 0) is 20.8 Å². The predicted octanol–water partition coefficient (Wildman–Crippen LogP) is 3.42. The second-order valence-corrected chi connectivity index (χ2v) is 23.4. The minimum absolute atomic E-state index is 0.0945. The van der Waals surface area contributed by atoms with Gasteiger partial charge in [-0.25, -0.2) is 0 Å². The van der Waals surface area contributed by atoms with Crippen LogP contribution in [-0.2, 0) is 4.43 Å². The van der Waals surface area contributed by atoms with E-state index in [4.69, 9.17) is 4.43 Å². The van der Waals surface area contributed by atoms with Crippen molar-refractivity contribution in [2.75, 3.05) is 0 Å². The molecule has 0 rings (SSSR count). The summed E-state index contributed by atoms with van der Waals surface area (Å²) in [6.45, 7) is 6.04. The van der Waals surface area contributed by atoms with Gasteiger partial charge in [0.2, 0.25) is 0 Å². The normalized spacial score (nSPS) is 14.0. The molecule has 0 aliphatic rings. The molecular formula is C4H9Br3OSi. The van der Waals surface area contributed by atoms with Gasteiger partial charge in [-0.3, -0.25) is 0 Å². The first kappa shape index (κ1) is 10.6. The average Bonchev–Trinajstić information content (AvgIpc) is 1.14. The molecule has 0 aromatic rings. The Hall–Kier alpha value is 1.62. The van der Waals surface area contributed by atoms with Crippen molar-refractivity contribution in [1.29, 1.82) is 0 Å².